The Bertz CT molecular complexity index is 416. The van der Waals surface area contributed by atoms with Gasteiger partial charge in [0.15, 0.2) is 0 Å². The van der Waals surface area contributed by atoms with Crippen LogP contribution in [0.25, 0.3) is 0 Å². The van der Waals surface area contributed by atoms with Crippen LogP contribution in [0.4, 0.5) is 8.78 Å². The van der Waals surface area contributed by atoms with Gasteiger partial charge >= 0.3 is 0 Å². The van der Waals surface area contributed by atoms with Crippen molar-refractivity contribution in [2.45, 2.75) is 44.2 Å². The minimum absolute atomic E-state index is 0.292. The van der Waals surface area contributed by atoms with E-state index in [-0.39, 0.29) is 6.04 Å². The van der Waals surface area contributed by atoms with E-state index in [2.05, 4.69) is 0 Å². The molecule has 0 amide bonds. The molecule has 2 rings (SSSR count). The van der Waals surface area contributed by atoms with Crippen LogP contribution in [0.2, 0.25) is 0 Å². The molecule has 2 N–H and O–H groups in total. The monoisotopic (exact) mass is 255 g/mol. The summed E-state index contributed by atoms with van der Waals surface area (Å²) in [7, 11) is 0. The molecular weight excluding hydrogens is 236 g/mol. The van der Waals surface area contributed by atoms with E-state index in [1.807, 2.05) is 6.92 Å². The second kappa shape index (κ2) is 5.33. The zero-order valence-electron chi connectivity index (χ0n) is 10.6. The summed E-state index contributed by atoms with van der Waals surface area (Å²) in [5.41, 5.74) is 6.00. The quantitative estimate of drug-likeness (QED) is 0.901. The lowest BCUT2D eigenvalue weighted by molar-refractivity contribution is -0.0809. The highest BCUT2D eigenvalue weighted by molar-refractivity contribution is 5.20. The summed E-state index contributed by atoms with van der Waals surface area (Å²) in [6.07, 6.45) is 3.26. The van der Waals surface area contributed by atoms with Gasteiger partial charge in [-0.15, -0.1) is 0 Å². The molecule has 0 spiro atoms. The van der Waals surface area contributed by atoms with Gasteiger partial charge < -0.3 is 10.5 Å². The number of rotatable bonds is 3. The number of benzene rings is 1. The van der Waals surface area contributed by atoms with Crippen LogP contribution in [0, 0.1) is 11.6 Å². The second-order valence-electron chi connectivity index (χ2n) is 5.16. The lowest BCUT2D eigenvalue weighted by atomic mass is 9.85. The summed E-state index contributed by atoms with van der Waals surface area (Å²) < 4.78 is 32.4. The van der Waals surface area contributed by atoms with Gasteiger partial charge in [0.05, 0.1) is 5.60 Å². The van der Waals surface area contributed by atoms with Crippen molar-refractivity contribution in [2.75, 3.05) is 6.61 Å². The molecule has 18 heavy (non-hydrogen) atoms. The molecule has 1 aromatic rings. The van der Waals surface area contributed by atoms with Crippen LogP contribution in [0.15, 0.2) is 18.2 Å². The Kier molecular flexibility index (Phi) is 3.97. The normalized spacial score (nSPS) is 26.0. The van der Waals surface area contributed by atoms with Crippen LogP contribution in [0.3, 0.4) is 0 Å². The van der Waals surface area contributed by atoms with Crippen molar-refractivity contribution >= 4 is 0 Å². The molecule has 4 heteroatoms. The molecule has 2 nitrogen and oxygen atoms in total. The van der Waals surface area contributed by atoms with Gasteiger partial charge in [-0.05, 0) is 56.4 Å². The summed E-state index contributed by atoms with van der Waals surface area (Å²) in [6, 6.07) is 3.14. The summed E-state index contributed by atoms with van der Waals surface area (Å²) in [4.78, 5) is 0. The third-order valence-electron chi connectivity index (χ3n) is 3.73. The van der Waals surface area contributed by atoms with Gasteiger partial charge in [-0.3, -0.25) is 0 Å². The molecule has 0 bridgehead atoms. The Morgan fingerprint density at radius 2 is 2.17 bits per heavy atom. The minimum Gasteiger partial charge on any atom is -0.374 e. The lowest BCUT2D eigenvalue weighted by Gasteiger charge is -2.39. The highest BCUT2D eigenvalue weighted by atomic mass is 19.1. The third kappa shape index (κ3) is 2.87. The van der Waals surface area contributed by atoms with Crippen molar-refractivity contribution in [1.29, 1.82) is 0 Å². The van der Waals surface area contributed by atoms with E-state index < -0.39 is 17.2 Å². The third-order valence-corrected chi connectivity index (χ3v) is 3.73. The first-order chi connectivity index (χ1) is 8.51. The van der Waals surface area contributed by atoms with Gasteiger partial charge in [0.2, 0.25) is 0 Å². The van der Waals surface area contributed by atoms with Gasteiger partial charge in [-0.2, -0.15) is 0 Å². The fourth-order valence-corrected chi connectivity index (χ4v) is 2.40. The predicted octanol–water partition coefficient (Wildman–Crippen LogP) is 2.79. The van der Waals surface area contributed by atoms with Crippen molar-refractivity contribution in [1.82, 2.24) is 0 Å². The first-order valence-corrected chi connectivity index (χ1v) is 6.35. The van der Waals surface area contributed by atoms with E-state index in [1.165, 1.54) is 6.07 Å². The van der Waals surface area contributed by atoms with Crippen LogP contribution >= 0.6 is 0 Å². The molecule has 2 unspecified atom stereocenters. The Balaban J connectivity index is 2.10. The molecule has 1 aromatic carbocycles. The molecule has 2 atom stereocenters. The number of nitrogens with two attached hydrogens (primary N) is 1. The van der Waals surface area contributed by atoms with E-state index in [1.54, 1.807) is 0 Å². The fourth-order valence-electron chi connectivity index (χ4n) is 2.40. The maximum atomic E-state index is 13.6. The summed E-state index contributed by atoms with van der Waals surface area (Å²) in [5, 5.41) is 0. The lowest BCUT2D eigenvalue weighted by Crippen LogP contribution is -2.50. The van der Waals surface area contributed by atoms with Gasteiger partial charge in [0.25, 0.3) is 0 Å². The average Bonchev–Trinajstić information content (AvgIpc) is 2.35. The van der Waals surface area contributed by atoms with Gasteiger partial charge in [-0.25, -0.2) is 8.78 Å². The van der Waals surface area contributed by atoms with Crippen molar-refractivity contribution in [3.05, 3.63) is 35.4 Å². The zero-order chi connectivity index (χ0) is 13.2. The van der Waals surface area contributed by atoms with Crippen LogP contribution in [0.1, 0.15) is 31.7 Å². The highest BCUT2D eigenvalue weighted by Gasteiger charge is 2.34. The van der Waals surface area contributed by atoms with Gasteiger partial charge in [0, 0.05) is 12.6 Å². The van der Waals surface area contributed by atoms with Crippen LogP contribution < -0.4 is 5.73 Å². The molecule has 1 aliphatic rings. The molecule has 0 saturated carbocycles. The number of halogens is 2. The van der Waals surface area contributed by atoms with Gasteiger partial charge in [0.1, 0.15) is 11.6 Å². The molecule has 1 aliphatic heterocycles. The van der Waals surface area contributed by atoms with Crippen LogP contribution in [-0.2, 0) is 11.2 Å². The molecule has 0 radical (unpaired) electrons. The summed E-state index contributed by atoms with van der Waals surface area (Å²) >= 11 is 0. The molecule has 1 saturated heterocycles. The van der Waals surface area contributed by atoms with Crippen molar-refractivity contribution in [3.63, 3.8) is 0 Å². The Hall–Kier alpha value is -1.00. The highest BCUT2D eigenvalue weighted by Crippen LogP contribution is 2.29. The topological polar surface area (TPSA) is 35.2 Å². The maximum Gasteiger partial charge on any atom is 0.126 e. The molecule has 0 aliphatic carbocycles. The standard InChI is InChI=1S/C14H19F2NO/c1-14(6-2-3-7-18-14)13(17)9-10-8-11(15)4-5-12(10)16/h4-5,8,13H,2-3,6-7,9,17H2,1H3. The number of hydrogen-bond acceptors (Lipinski definition) is 2. The first kappa shape index (κ1) is 13.4. The largest absolute Gasteiger partial charge is 0.374 e. The van der Waals surface area contributed by atoms with Crippen molar-refractivity contribution < 1.29 is 13.5 Å². The van der Waals surface area contributed by atoms with E-state index in [0.29, 0.717) is 18.6 Å². The van der Waals surface area contributed by atoms with Crippen molar-refractivity contribution in [3.8, 4) is 0 Å². The van der Waals surface area contributed by atoms with E-state index in [4.69, 9.17) is 10.5 Å². The molecular formula is C14H19F2NO. The summed E-state index contributed by atoms with van der Waals surface area (Å²) in [5.74, 6) is -0.848. The fraction of sp³-hybridized carbons (Fsp3) is 0.571. The predicted molar refractivity (Wildman–Crippen MR) is 66.2 cm³/mol. The Morgan fingerprint density at radius 3 is 2.83 bits per heavy atom. The molecule has 100 valence electrons. The SMILES string of the molecule is CC1(C(N)Cc2cc(F)ccc2F)CCCCO1. The molecule has 1 fully saturated rings. The maximum absolute atomic E-state index is 13.6. The minimum atomic E-state index is -0.437. The van der Waals surface area contributed by atoms with E-state index in [9.17, 15) is 8.78 Å². The Labute approximate surface area is 106 Å². The van der Waals surface area contributed by atoms with E-state index >= 15 is 0 Å². The van der Waals surface area contributed by atoms with Crippen LogP contribution in [0.5, 0.6) is 0 Å². The summed E-state index contributed by atoms with van der Waals surface area (Å²) in [6.45, 7) is 2.64. The Morgan fingerprint density at radius 1 is 1.39 bits per heavy atom. The smallest absolute Gasteiger partial charge is 0.126 e. The van der Waals surface area contributed by atoms with Crippen molar-refractivity contribution in [2.24, 2.45) is 5.73 Å². The first-order valence-electron chi connectivity index (χ1n) is 6.35. The zero-order valence-corrected chi connectivity index (χ0v) is 10.6. The number of ether oxygens (including phenoxy) is 1. The molecule has 0 aromatic heterocycles. The number of hydrogen-bond donors (Lipinski definition) is 1. The second-order valence-corrected chi connectivity index (χ2v) is 5.16. The van der Waals surface area contributed by atoms with E-state index in [0.717, 1.165) is 31.4 Å². The van der Waals surface area contributed by atoms with Gasteiger partial charge in [-0.1, -0.05) is 0 Å². The molecule has 1 heterocycles. The van der Waals surface area contributed by atoms with Crippen LogP contribution in [-0.4, -0.2) is 18.2 Å². The average molecular weight is 255 g/mol.